The molecule has 0 aromatic rings. The van der Waals surface area contributed by atoms with Gasteiger partial charge in [-0.05, 0) is 19.4 Å². The van der Waals surface area contributed by atoms with Gasteiger partial charge in [0.15, 0.2) is 0 Å². The second kappa shape index (κ2) is 8.62. The minimum Gasteiger partial charge on any atom is -0.375 e. The van der Waals surface area contributed by atoms with Gasteiger partial charge >= 0.3 is 0 Å². The Morgan fingerprint density at radius 1 is 1.41 bits per heavy atom. The van der Waals surface area contributed by atoms with Crippen LogP contribution in [0.3, 0.4) is 0 Å². The molecule has 0 aromatic carbocycles. The molecule has 0 bridgehead atoms. The molecule has 0 saturated heterocycles. The van der Waals surface area contributed by atoms with E-state index in [1.54, 1.807) is 7.05 Å². The summed E-state index contributed by atoms with van der Waals surface area (Å²) < 4.78 is 12.8. The molecule has 0 saturated carbocycles. The van der Waals surface area contributed by atoms with E-state index in [9.17, 15) is 4.39 Å². The van der Waals surface area contributed by atoms with Crippen LogP contribution in [0.2, 0.25) is 0 Å². The van der Waals surface area contributed by atoms with E-state index in [4.69, 9.17) is 0 Å². The Balaban J connectivity index is 4.45. The van der Waals surface area contributed by atoms with Crippen LogP contribution >= 0.6 is 0 Å². The van der Waals surface area contributed by atoms with Crippen LogP contribution in [0.5, 0.6) is 0 Å². The molecule has 1 atom stereocenters. The summed E-state index contributed by atoms with van der Waals surface area (Å²) in [5.41, 5.74) is 1.85. The summed E-state index contributed by atoms with van der Waals surface area (Å²) in [5.74, 6) is 0.755. The molecule has 0 amide bonds. The molecule has 3 heteroatoms. The van der Waals surface area contributed by atoms with Gasteiger partial charge in [0.1, 0.15) is 6.17 Å². The Morgan fingerprint density at radius 2 is 2.06 bits per heavy atom. The first-order valence-corrected chi connectivity index (χ1v) is 5.75. The predicted octanol–water partition coefficient (Wildman–Crippen LogP) is 3.07. The van der Waals surface area contributed by atoms with Gasteiger partial charge in [-0.15, -0.1) is 0 Å². The van der Waals surface area contributed by atoms with Crippen LogP contribution in [0.4, 0.5) is 4.39 Å². The maximum atomic E-state index is 12.8. The van der Waals surface area contributed by atoms with Crippen molar-refractivity contribution in [3.63, 3.8) is 0 Å². The Kier molecular flexibility index (Phi) is 7.85. The van der Waals surface area contributed by atoms with Crippen molar-refractivity contribution in [3.05, 3.63) is 48.4 Å². The summed E-state index contributed by atoms with van der Waals surface area (Å²) in [7, 11) is 1.80. The van der Waals surface area contributed by atoms with Gasteiger partial charge in [0.25, 0.3) is 0 Å². The third-order valence-electron chi connectivity index (χ3n) is 2.12. The number of halogens is 1. The molecule has 0 rings (SSSR count). The maximum absolute atomic E-state index is 12.8. The maximum Gasteiger partial charge on any atom is 0.101 e. The fraction of sp³-hybridized carbons (Fsp3) is 0.429. The number of hydrogen-bond donors (Lipinski definition) is 2. The van der Waals surface area contributed by atoms with Crippen molar-refractivity contribution < 1.29 is 4.39 Å². The van der Waals surface area contributed by atoms with Gasteiger partial charge < -0.3 is 10.6 Å². The number of rotatable bonds is 8. The Labute approximate surface area is 104 Å². The lowest BCUT2D eigenvalue weighted by atomic mass is 10.1. The van der Waals surface area contributed by atoms with Crippen LogP contribution < -0.4 is 10.6 Å². The minimum atomic E-state index is -0.856. The van der Waals surface area contributed by atoms with Gasteiger partial charge in [-0.3, -0.25) is 0 Å². The van der Waals surface area contributed by atoms with Crippen molar-refractivity contribution in [2.24, 2.45) is 0 Å². The highest BCUT2D eigenvalue weighted by Gasteiger charge is 2.01. The van der Waals surface area contributed by atoms with Gasteiger partial charge in [-0.25, -0.2) is 4.39 Å². The van der Waals surface area contributed by atoms with Crippen molar-refractivity contribution in [1.82, 2.24) is 10.6 Å². The first-order chi connectivity index (χ1) is 7.99. The Bertz CT molecular complexity index is 314. The highest BCUT2D eigenvalue weighted by molar-refractivity contribution is 5.30. The standard InChI is InChI=1S/C14H23FN2/c1-6-7-14(10-17-13(4)16-5)9-11(2)8-12(3)15/h6-7,9,12,16-17H,2,4,8,10H2,1,3,5H3/b7-6-,14-9+. The third kappa shape index (κ3) is 8.31. The molecule has 0 spiro atoms. The molecule has 0 aliphatic carbocycles. The molecule has 0 aromatic heterocycles. The zero-order chi connectivity index (χ0) is 13.3. The van der Waals surface area contributed by atoms with E-state index < -0.39 is 6.17 Å². The van der Waals surface area contributed by atoms with E-state index in [1.165, 1.54) is 6.92 Å². The number of alkyl halides is 1. The molecule has 0 fully saturated rings. The molecule has 0 aliphatic rings. The summed E-state index contributed by atoms with van der Waals surface area (Å²) in [6, 6.07) is 0. The summed E-state index contributed by atoms with van der Waals surface area (Å²) in [4.78, 5) is 0. The monoisotopic (exact) mass is 238 g/mol. The molecule has 0 aliphatic heterocycles. The highest BCUT2D eigenvalue weighted by Crippen LogP contribution is 2.10. The molecular formula is C14H23FN2. The normalized spacial score (nSPS) is 13.5. The van der Waals surface area contributed by atoms with Crippen LogP contribution in [0.15, 0.2) is 48.4 Å². The average molecular weight is 238 g/mol. The largest absolute Gasteiger partial charge is 0.375 e. The molecule has 0 radical (unpaired) electrons. The van der Waals surface area contributed by atoms with E-state index in [-0.39, 0.29) is 0 Å². The van der Waals surface area contributed by atoms with E-state index in [0.29, 0.717) is 13.0 Å². The number of allylic oxidation sites excluding steroid dienone is 3. The van der Waals surface area contributed by atoms with Gasteiger partial charge in [0, 0.05) is 20.0 Å². The van der Waals surface area contributed by atoms with Gasteiger partial charge in [0.2, 0.25) is 0 Å². The van der Waals surface area contributed by atoms with Crippen LogP contribution in [-0.4, -0.2) is 19.8 Å². The van der Waals surface area contributed by atoms with Crippen molar-refractivity contribution in [2.45, 2.75) is 26.4 Å². The Morgan fingerprint density at radius 3 is 2.53 bits per heavy atom. The summed E-state index contributed by atoms with van der Waals surface area (Å²) in [5, 5.41) is 6.02. The zero-order valence-corrected chi connectivity index (χ0v) is 11.0. The number of hydrogen-bond acceptors (Lipinski definition) is 2. The fourth-order valence-corrected chi connectivity index (χ4v) is 1.35. The second-order valence-electron chi connectivity index (χ2n) is 3.94. The fourth-order valence-electron chi connectivity index (χ4n) is 1.35. The average Bonchev–Trinajstić information content (AvgIpc) is 2.24. The van der Waals surface area contributed by atoms with E-state index in [2.05, 4.69) is 23.8 Å². The molecule has 2 N–H and O–H groups in total. The molecule has 96 valence electrons. The lowest BCUT2D eigenvalue weighted by Gasteiger charge is -2.10. The van der Waals surface area contributed by atoms with Crippen LogP contribution in [-0.2, 0) is 0 Å². The highest BCUT2D eigenvalue weighted by atomic mass is 19.1. The summed E-state index contributed by atoms with van der Waals surface area (Å²) >= 11 is 0. The molecule has 17 heavy (non-hydrogen) atoms. The molecule has 1 unspecified atom stereocenters. The van der Waals surface area contributed by atoms with E-state index >= 15 is 0 Å². The molecule has 2 nitrogen and oxygen atoms in total. The Hall–Kier alpha value is -1.51. The zero-order valence-electron chi connectivity index (χ0n) is 11.0. The van der Waals surface area contributed by atoms with Crippen molar-refractivity contribution in [1.29, 1.82) is 0 Å². The van der Waals surface area contributed by atoms with Crippen LogP contribution in [0.1, 0.15) is 20.3 Å². The van der Waals surface area contributed by atoms with Crippen LogP contribution in [0, 0.1) is 0 Å². The summed E-state index contributed by atoms with van der Waals surface area (Å²) in [6.07, 6.45) is 5.34. The SMILES string of the molecule is C=C(/C=C(\C=C/C)CNC(=C)NC)CC(C)F. The molecule has 0 heterocycles. The molecular weight excluding hydrogens is 215 g/mol. The lowest BCUT2D eigenvalue weighted by molar-refractivity contribution is 0.361. The van der Waals surface area contributed by atoms with Crippen molar-refractivity contribution >= 4 is 0 Å². The first-order valence-electron chi connectivity index (χ1n) is 5.75. The van der Waals surface area contributed by atoms with Crippen molar-refractivity contribution in [3.8, 4) is 0 Å². The first kappa shape index (κ1) is 15.5. The van der Waals surface area contributed by atoms with Crippen molar-refractivity contribution in [2.75, 3.05) is 13.6 Å². The third-order valence-corrected chi connectivity index (χ3v) is 2.12. The van der Waals surface area contributed by atoms with Gasteiger partial charge in [-0.1, -0.05) is 37.0 Å². The lowest BCUT2D eigenvalue weighted by Crippen LogP contribution is -2.24. The van der Waals surface area contributed by atoms with Gasteiger partial charge in [-0.2, -0.15) is 0 Å². The number of nitrogens with one attached hydrogen (secondary N) is 2. The second-order valence-corrected chi connectivity index (χ2v) is 3.94. The van der Waals surface area contributed by atoms with Gasteiger partial charge in [0.05, 0.1) is 5.82 Å². The van der Waals surface area contributed by atoms with E-state index in [1.807, 2.05) is 25.2 Å². The van der Waals surface area contributed by atoms with E-state index in [0.717, 1.165) is 17.0 Å². The smallest absolute Gasteiger partial charge is 0.101 e. The summed E-state index contributed by atoms with van der Waals surface area (Å²) in [6.45, 7) is 11.8. The topological polar surface area (TPSA) is 24.1 Å². The minimum absolute atomic E-state index is 0.369. The predicted molar refractivity (Wildman–Crippen MR) is 73.4 cm³/mol. The van der Waals surface area contributed by atoms with Crippen LogP contribution in [0.25, 0.3) is 0 Å². The quantitative estimate of drug-likeness (QED) is 0.635.